The van der Waals surface area contributed by atoms with Crippen LogP contribution in [0.15, 0.2) is 127 Å². The maximum atomic E-state index is 4.04. The highest BCUT2D eigenvalue weighted by molar-refractivity contribution is 9.11. The van der Waals surface area contributed by atoms with E-state index >= 15 is 0 Å². The SMILES string of the molecule is CCCCCCCCc1ccc(-c2cc(Br)c(-c3cc(Br)c(-c4cc5ccccc5cc4Br)cc3Br)cc2-c2ccc(CCCCCCCC)cc2)cc1. The van der Waals surface area contributed by atoms with Crippen LogP contribution in [0.4, 0.5) is 0 Å². The number of halogens is 4. The topological polar surface area (TPSA) is 0 Å². The fourth-order valence-corrected chi connectivity index (χ4v) is 9.80. The van der Waals surface area contributed by atoms with E-state index in [2.05, 4.69) is 187 Å². The number of hydrogen-bond acceptors (Lipinski definition) is 0. The molecule has 0 nitrogen and oxygen atoms in total. The van der Waals surface area contributed by atoms with Crippen molar-refractivity contribution in [1.29, 1.82) is 0 Å². The van der Waals surface area contributed by atoms with Gasteiger partial charge in [0.15, 0.2) is 0 Å². The van der Waals surface area contributed by atoms with Gasteiger partial charge < -0.3 is 0 Å². The molecule has 0 atom stereocenters. The zero-order valence-electron chi connectivity index (χ0n) is 31.8. The van der Waals surface area contributed by atoms with Crippen LogP contribution in [-0.4, -0.2) is 0 Å². The van der Waals surface area contributed by atoms with Crippen molar-refractivity contribution in [1.82, 2.24) is 0 Å². The summed E-state index contributed by atoms with van der Waals surface area (Å²) in [5, 5.41) is 2.44. The van der Waals surface area contributed by atoms with E-state index in [-0.39, 0.29) is 0 Å². The largest absolute Gasteiger partial charge is 0.0654 e. The van der Waals surface area contributed by atoms with Crippen LogP contribution in [-0.2, 0) is 12.8 Å². The summed E-state index contributed by atoms with van der Waals surface area (Å²) >= 11 is 15.9. The Morgan fingerprint density at radius 3 is 1.17 bits per heavy atom. The molecule has 6 aromatic carbocycles. The van der Waals surface area contributed by atoms with E-state index in [1.807, 2.05) is 0 Å². The molecule has 0 aliphatic rings. The van der Waals surface area contributed by atoms with Gasteiger partial charge in [-0.1, -0.05) is 215 Å². The summed E-state index contributed by atoms with van der Waals surface area (Å²) in [6.07, 6.45) is 18.2. The summed E-state index contributed by atoms with van der Waals surface area (Å²) in [6, 6.07) is 40.9. The molecule has 0 aliphatic carbocycles. The van der Waals surface area contributed by atoms with Gasteiger partial charge in [-0.3, -0.25) is 0 Å². The zero-order chi connectivity index (χ0) is 37.9. The van der Waals surface area contributed by atoms with Crippen molar-refractivity contribution in [2.45, 2.75) is 104 Å². The van der Waals surface area contributed by atoms with Crippen molar-refractivity contribution in [3.8, 4) is 44.5 Å². The predicted octanol–water partition coefficient (Wildman–Crippen LogP) is 18.4. The van der Waals surface area contributed by atoms with Gasteiger partial charge in [0.05, 0.1) is 0 Å². The van der Waals surface area contributed by atoms with Crippen LogP contribution in [0.2, 0.25) is 0 Å². The Morgan fingerprint density at radius 2 is 0.685 bits per heavy atom. The summed E-state index contributed by atoms with van der Waals surface area (Å²) < 4.78 is 4.25. The van der Waals surface area contributed by atoms with E-state index in [1.54, 1.807) is 0 Å². The molecule has 6 aromatic rings. The van der Waals surface area contributed by atoms with E-state index in [1.165, 1.54) is 121 Å². The second-order valence-corrected chi connectivity index (χ2v) is 18.2. The van der Waals surface area contributed by atoms with Crippen LogP contribution in [0, 0.1) is 0 Å². The van der Waals surface area contributed by atoms with Gasteiger partial charge in [-0.25, -0.2) is 0 Å². The third kappa shape index (κ3) is 10.7. The van der Waals surface area contributed by atoms with Crippen molar-refractivity contribution < 1.29 is 0 Å². The van der Waals surface area contributed by atoms with Crippen LogP contribution < -0.4 is 0 Å². The maximum absolute atomic E-state index is 4.04. The molecule has 0 saturated carbocycles. The molecule has 0 spiro atoms. The Balaban J connectivity index is 1.33. The number of benzene rings is 6. The second kappa shape index (κ2) is 20.6. The van der Waals surface area contributed by atoms with Gasteiger partial charge in [0.25, 0.3) is 0 Å². The molecule has 6 rings (SSSR count). The molecular weight excluding hydrogens is 920 g/mol. The quantitative estimate of drug-likeness (QED) is 0.0753. The molecule has 0 unspecified atom stereocenters. The minimum absolute atomic E-state index is 1.05. The number of fused-ring (bicyclic) bond motifs is 1. The van der Waals surface area contributed by atoms with Gasteiger partial charge in [0.1, 0.15) is 0 Å². The lowest BCUT2D eigenvalue weighted by molar-refractivity contribution is 0.607. The molecule has 4 heteroatoms. The van der Waals surface area contributed by atoms with Gasteiger partial charge in [-0.2, -0.15) is 0 Å². The van der Waals surface area contributed by atoms with Crippen molar-refractivity contribution in [2.24, 2.45) is 0 Å². The normalized spacial score (nSPS) is 11.4. The Hall–Kier alpha value is -2.50. The molecule has 0 heterocycles. The van der Waals surface area contributed by atoms with Crippen LogP contribution >= 0.6 is 63.7 Å². The first-order chi connectivity index (χ1) is 26.4. The highest BCUT2D eigenvalue weighted by Crippen LogP contribution is 2.46. The van der Waals surface area contributed by atoms with E-state index in [4.69, 9.17) is 0 Å². The van der Waals surface area contributed by atoms with Crippen molar-refractivity contribution >= 4 is 74.5 Å². The first-order valence-corrected chi connectivity index (χ1v) is 23.2. The molecule has 0 fully saturated rings. The molecule has 0 amide bonds. The minimum Gasteiger partial charge on any atom is -0.0654 e. The average Bonchev–Trinajstić information content (AvgIpc) is 3.18. The molecule has 0 aromatic heterocycles. The Morgan fingerprint density at radius 1 is 0.333 bits per heavy atom. The van der Waals surface area contributed by atoms with Gasteiger partial charge in [-0.15, -0.1) is 0 Å². The van der Waals surface area contributed by atoms with Crippen LogP contribution in [0.25, 0.3) is 55.3 Å². The number of aryl methyl sites for hydroxylation is 2. The fourth-order valence-electron chi connectivity index (χ4n) is 7.56. The summed E-state index contributed by atoms with van der Waals surface area (Å²) in [6.45, 7) is 4.57. The van der Waals surface area contributed by atoms with Gasteiger partial charge in [0, 0.05) is 17.9 Å². The average molecular weight is 973 g/mol. The fraction of sp³-hybridized carbons (Fsp3) is 0.320. The van der Waals surface area contributed by atoms with E-state index in [0.29, 0.717) is 0 Å². The summed E-state index contributed by atoms with van der Waals surface area (Å²) in [5.74, 6) is 0. The first-order valence-electron chi connectivity index (χ1n) is 20.1. The molecule has 280 valence electrons. The molecule has 0 aliphatic heterocycles. The summed E-state index contributed by atoms with van der Waals surface area (Å²) in [4.78, 5) is 0. The Bertz CT molecular complexity index is 2130. The number of rotatable bonds is 18. The lowest BCUT2D eigenvalue weighted by atomic mass is 9.89. The lowest BCUT2D eigenvalue weighted by Gasteiger charge is -2.18. The van der Waals surface area contributed by atoms with E-state index in [0.717, 1.165) is 53.0 Å². The third-order valence-corrected chi connectivity index (χ3v) is 13.4. The molecule has 0 N–H and O–H groups in total. The molecule has 0 bridgehead atoms. The maximum Gasteiger partial charge on any atom is 0.0261 e. The predicted molar refractivity (Wildman–Crippen MR) is 251 cm³/mol. The monoisotopic (exact) mass is 968 g/mol. The lowest BCUT2D eigenvalue weighted by Crippen LogP contribution is -1.93. The first kappa shape index (κ1) is 41.1. The van der Waals surface area contributed by atoms with Gasteiger partial charge in [-0.05, 0) is 128 Å². The summed E-state index contributed by atoms with van der Waals surface area (Å²) in [5.41, 5.74) is 12.4. The van der Waals surface area contributed by atoms with Crippen LogP contribution in [0.3, 0.4) is 0 Å². The molecule has 0 radical (unpaired) electrons. The van der Waals surface area contributed by atoms with Crippen LogP contribution in [0.1, 0.15) is 102 Å². The van der Waals surface area contributed by atoms with Crippen LogP contribution in [0.5, 0.6) is 0 Å². The Kier molecular flexibility index (Phi) is 15.7. The number of unbranched alkanes of at least 4 members (excludes halogenated alkanes) is 10. The molecule has 54 heavy (non-hydrogen) atoms. The van der Waals surface area contributed by atoms with Crippen molar-refractivity contribution in [2.75, 3.05) is 0 Å². The zero-order valence-corrected chi connectivity index (χ0v) is 38.1. The standard InChI is InChI=1S/C50H52Br4/c1-3-5-7-9-11-13-17-35-21-25-37(26-22-35)41-31-44(48(52)32-42(41)38-27-23-36(24-28-38)18-14-12-10-8-6-4-2)46-34-49(53)45(33-50(46)54)43-29-39-19-15-16-20-40(39)30-47(43)51/h15-16,19-34H,3-14,17-18H2,1-2H3. The second-order valence-electron chi connectivity index (χ2n) is 14.8. The smallest absolute Gasteiger partial charge is 0.0261 e. The van der Waals surface area contributed by atoms with E-state index < -0.39 is 0 Å². The Labute approximate surface area is 358 Å². The van der Waals surface area contributed by atoms with Gasteiger partial charge >= 0.3 is 0 Å². The highest BCUT2D eigenvalue weighted by Gasteiger charge is 2.18. The van der Waals surface area contributed by atoms with Gasteiger partial charge in [0.2, 0.25) is 0 Å². The van der Waals surface area contributed by atoms with E-state index in [9.17, 15) is 0 Å². The number of hydrogen-bond donors (Lipinski definition) is 0. The summed E-state index contributed by atoms with van der Waals surface area (Å²) in [7, 11) is 0. The molecular formula is C50H52Br4. The minimum atomic E-state index is 1.05. The third-order valence-electron chi connectivity index (χ3n) is 10.7. The highest BCUT2D eigenvalue weighted by atomic mass is 79.9. The molecule has 0 saturated heterocycles. The van der Waals surface area contributed by atoms with Crippen molar-refractivity contribution in [3.63, 3.8) is 0 Å². The van der Waals surface area contributed by atoms with Crippen molar-refractivity contribution in [3.05, 3.63) is 138 Å².